The van der Waals surface area contributed by atoms with Gasteiger partial charge in [0, 0.05) is 20.8 Å². The number of hydrogen-bond acceptors (Lipinski definition) is 3. The second-order valence-electron chi connectivity index (χ2n) is 5.27. The summed E-state index contributed by atoms with van der Waals surface area (Å²) >= 11 is 17.1. The summed E-state index contributed by atoms with van der Waals surface area (Å²) in [5.74, 6) is 0.461. The smallest absolute Gasteiger partial charge is 0.234 e. The molecule has 2 aromatic rings. The van der Waals surface area contributed by atoms with Gasteiger partial charge in [-0.2, -0.15) is 5.10 Å². The summed E-state index contributed by atoms with van der Waals surface area (Å²) in [5.41, 5.74) is -0.739. The van der Waals surface area contributed by atoms with E-state index in [-0.39, 0.29) is 5.91 Å². The molecule has 1 fully saturated rings. The van der Waals surface area contributed by atoms with Crippen molar-refractivity contribution in [1.82, 2.24) is 9.78 Å². The van der Waals surface area contributed by atoms with Gasteiger partial charge in [0.2, 0.25) is 5.91 Å². The van der Waals surface area contributed by atoms with Crippen molar-refractivity contribution in [2.75, 3.05) is 5.32 Å². The zero-order chi connectivity index (χ0) is 15.3. The van der Waals surface area contributed by atoms with Gasteiger partial charge in [-0.05, 0) is 35.3 Å². The molecule has 0 bridgehead atoms. The maximum absolute atomic E-state index is 12.3. The van der Waals surface area contributed by atoms with Crippen molar-refractivity contribution >= 4 is 62.2 Å². The summed E-state index contributed by atoms with van der Waals surface area (Å²) in [5, 5.41) is 9.11. The average Bonchev–Trinajstić information content (AvgIpc) is 2.79. The number of alkyl halides is 2. The molecule has 112 valence electrons. The molecule has 1 aliphatic rings. The Labute approximate surface area is 144 Å². The van der Waals surface area contributed by atoms with E-state index in [2.05, 4.69) is 26.3 Å². The number of halogens is 3. The number of rotatable bonds is 4. The minimum absolute atomic E-state index is 0.179. The molecule has 1 unspecified atom stereocenters. The van der Waals surface area contributed by atoms with Crippen LogP contribution < -0.4 is 5.32 Å². The molecule has 0 aromatic carbocycles. The third-order valence-electron chi connectivity index (χ3n) is 3.64. The van der Waals surface area contributed by atoms with E-state index < -0.39 is 9.75 Å². The van der Waals surface area contributed by atoms with Gasteiger partial charge < -0.3 is 5.32 Å². The summed E-state index contributed by atoms with van der Waals surface area (Å²) < 4.78 is 1.81. The van der Waals surface area contributed by atoms with E-state index in [4.69, 9.17) is 23.2 Å². The molecule has 0 radical (unpaired) electrons. The van der Waals surface area contributed by atoms with E-state index in [0.717, 1.165) is 9.35 Å². The minimum Gasteiger partial charge on any atom is -0.310 e. The predicted molar refractivity (Wildman–Crippen MR) is 89.1 cm³/mol. The minimum atomic E-state index is -0.972. The molecule has 1 saturated carbocycles. The van der Waals surface area contributed by atoms with Crippen molar-refractivity contribution in [2.24, 2.45) is 5.41 Å². The highest BCUT2D eigenvalue weighted by atomic mass is 79.9. The largest absolute Gasteiger partial charge is 0.310 e. The number of aromatic nitrogens is 2. The second kappa shape index (κ2) is 5.26. The zero-order valence-electron chi connectivity index (χ0n) is 11.1. The number of nitrogens with one attached hydrogen (secondary N) is 1. The van der Waals surface area contributed by atoms with Crippen LogP contribution in [0.3, 0.4) is 0 Å². The molecule has 8 heteroatoms. The standard InChI is InChI=1S/C13H12BrCl2N3OS/c1-12(7-13(12,15)16)11(20)18-10-2-3-17-19(10)5-9-4-8(14)6-21-9/h2-4,6H,5,7H2,1H3,(H,18,20). The maximum atomic E-state index is 12.3. The Morgan fingerprint density at radius 3 is 2.90 bits per heavy atom. The fraction of sp³-hybridized carbons (Fsp3) is 0.385. The van der Waals surface area contributed by atoms with Crippen LogP contribution in [0.1, 0.15) is 18.2 Å². The number of thiophene rings is 1. The Morgan fingerprint density at radius 1 is 1.62 bits per heavy atom. The maximum Gasteiger partial charge on any atom is 0.234 e. The zero-order valence-corrected chi connectivity index (χ0v) is 15.0. The van der Waals surface area contributed by atoms with Crippen LogP contribution in [0, 0.1) is 5.41 Å². The molecule has 4 nitrogen and oxygen atoms in total. The average molecular weight is 409 g/mol. The van der Waals surface area contributed by atoms with Crippen molar-refractivity contribution in [3.63, 3.8) is 0 Å². The Bertz CT molecular complexity index is 699. The van der Waals surface area contributed by atoms with E-state index >= 15 is 0 Å². The number of anilines is 1. The highest BCUT2D eigenvalue weighted by Gasteiger charge is 2.68. The van der Waals surface area contributed by atoms with E-state index in [1.165, 1.54) is 0 Å². The molecule has 0 saturated heterocycles. The first-order valence-corrected chi connectivity index (χ1v) is 8.69. The van der Waals surface area contributed by atoms with E-state index in [1.54, 1.807) is 35.2 Å². The molecule has 3 rings (SSSR count). The fourth-order valence-electron chi connectivity index (χ4n) is 2.05. The molecule has 21 heavy (non-hydrogen) atoms. The van der Waals surface area contributed by atoms with Gasteiger partial charge in [0.05, 0.1) is 18.2 Å². The predicted octanol–water partition coefficient (Wildman–Crippen LogP) is 4.28. The van der Waals surface area contributed by atoms with Crippen molar-refractivity contribution in [3.8, 4) is 0 Å². The fourth-order valence-corrected chi connectivity index (χ4v) is 4.19. The van der Waals surface area contributed by atoms with Crippen LogP contribution in [0.5, 0.6) is 0 Å². The lowest BCUT2D eigenvalue weighted by Crippen LogP contribution is -2.27. The van der Waals surface area contributed by atoms with Crippen molar-refractivity contribution in [1.29, 1.82) is 0 Å². The lowest BCUT2D eigenvalue weighted by atomic mass is 10.1. The Kier molecular flexibility index (Phi) is 3.84. The van der Waals surface area contributed by atoms with Crippen molar-refractivity contribution in [3.05, 3.63) is 33.1 Å². The molecular formula is C13H12BrCl2N3OS. The van der Waals surface area contributed by atoms with Gasteiger partial charge in [0.1, 0.15) is 10.2 Å². The van der Waals surface area contributed by atoms with Gasteiger partial charge in [-0.3, -0.25) is 4.79 Å². The van der Waals surface area contributed by atoms with Crippen LogP contribution in [0.15, 0.2) is 28.2 Å². The molecule has 1 atom stereocenters. The lowest BCUT2D eigenvalue weighted by molar-refractivity contribution is -0.120. The first-order valence-electron chi connectivity index (χ1n) is 6.26. The Hall–Kier alpha value is -0.560. The molecule has 2 heterocycles. The van der Waals surface area contributed by atoms with Crippen LogP contribution >= 0.6 is 50.5 Å². The van der Waals surface area contributed by atoms with Crippen LogP contribution in [0.4, 0.5) is 5.82 Å². The molecule has 1 N–H and O–H groups in total. The normalized spacial score (nSPS) is 23.0. The van der Waals surface area contributed by atoms with Crippen molar-refractivity contribution in [2.45, 2.75) is 24.2 Å². The van der Waals surface area contributed by atoms with E-state index in [9.17, 15) is 4.79 Å². The summed E-state index contributed by atoms with van der Waals surface area (Å²) in [4.78, 5) is 13.4. The van der Waals surface area contributed by atoms with Gasteiger partial charge in [-0.1, -0.05) is 0 Å². The summed E-state index contributed by atoms with van der Waals surface area (Å²) in [7, 11) is 0. The highest BCUT2D eigenvalue weighted by molar-refractivity contribution is 9.10. The molecule has 1 amide bonds. The molecule has 0 spiro atoms. The number of amides is 1. The monoisotopic (exact) mass is 407 g/mol. The third-order valence-corrected chi connectivity index (χ3v) is 6.43. The highest BCUT2D eigenvalue weighted by Crippen LogP contribution is 2.64. The van der Waals surface area contributed by atoms with Gasteiger partial charge in [-0.15, -0.1) is 34.5 Å². The molecule has 0 aliphatic heterocycles. The Morgan fingerprint density at radius 2 is 2.33 bits per heavy atom. The summed E-state index contributed by atoms with van der Waals surface area (Å²) in [6.45, 7) is 2.36. The number of carbonyl (C=O) groups is 1. The first-order chi connectivity index (χ1) is 9.82. The SMILES string of the molecule is CC1(C(=O)Nc2ccnn2Cc2cc(Br)cs2)CC1(Cl)Cl. The molecule has 1 aliphatic carbocycles. The van der Waals surface area contributed by atoms with Gasteiger partial charge >= 0.3 is 0 Å². The van der Waals surface area contributed by atoms with Crippen LogP contribution in [0.25, 0.3) is 0 Å². The number of nitrogens with zero attached hydrogens (tertiary/aromatic N) is 2. The topological polar surface area (TPSA) is 46.9 Å². The van der Waals surface area contributed by atoms with E-state index in [0.29, 0.717) is 18.8 Å². The molecular weight excluding hydrogens is 397 g/mol. The first kappa shape index (κ1) is 15.3. The number of hydrogen-bond donors (Lipinski definition) is 1. The summed E-state index contributed by atoms with van der Waals surface area (Å²) in [6.07, 6.45) is 2.11. The van der Waals surface area contributed by atoms with Crippen LogP contribution in [-0.2, 0) is 11.3 Å². The van der Waals surface area contributed by atoms with Gasteiger partial charge in [0.15, 0.2) is 0 Å². The Balaban J connectivity index is 1.73. The quantitative estimate of drug-likeness (QED) is 0.767. The van der Waals surface area contributed by atoms with Gasteiger partial charge in [0.25, 0.3) is 0 Å². The van der Waals surface area contributed by atoms with E-state index in [1.807, 2.05) is 11.4 Å². The molecule has 2 aromatic heterocycles. The van der Waals surface area contributed by atoms with Crippen molar-refractivity contribution < 1.29 is 4.79 Å². The third kappa shape index (κ3) is 2.86. The van der Waals surface area contributed by atoms with Crippen LogP contribution in [0.2, 0.25) is 0 Å². The summed E-state index contributed by atoms with van der Waals surface area (Å²) in [6, 6.07) is 3.79. The lowest BCUT2D eigenvalue weighted by Gasteiger charge is -2.13. The second-order valence-corrected chi connectivity index (χ2v) is 8.67. The van der Waals surface area contributed by atoms with Gasteiger partial charge in [-0.25, -0.2) is 4.68 Å². The number of carbonyl (C=O) groups excluding carboxylic acids is 1. The van der Waals surface area contributed by atoms with Crippen LogP contribution in [-0.4, -0.2) is 20.0 Å².